The molecule has 3 nitrogen and oxygen atoms in total. The molecule has 0 aliphatic rings. The first kappa shape index (κ1) is 15.5. The van der Waals surface area contributed by atoms with E-state index in [1.807, 2.05) is 35.2 Å². The third kappa shape index (κ3) is 5.77. The molecule has 0 heterocycles. The molecule has 1 rings (SSSR count). The first-order valence-electron chi connectivity index (χ1n) is 7.23. The lowest BCUT2D eigenvalue weighted by atomic mass is 10.2. The molecule has 0 bridgehead atoms. The van der Waals surface area contributed by atoms with Crippen LogP contribution in [0.1, 0.15) is 40.0 Å². The normalized spacial score (nSPS) is 10.5. The predicted octanol–water partition coefficient (Wildman–Crippen LogP) is 3.53. The van der Waals surface area contributed by atoms with E-state index in [1.165, 1.54) is 12.8 Å². The van der Waals surface area contributed by atoms with Crippen molar-refractivity contribution in [2.24, 2.45) is 0 Å². The fourth-order valence-corrected chi connectivity index (χ4v) is 2.04. The molecular weight excluding hydrogens is 236 g/mol. The van der Waals surface area contributed by atoms with Crippen LogP contribution in [0.4, 0.5) is 5.69 Å². The second kappa shape index (κ2) is 8.57. The van der Waals surface area contributed by atoms with Crippen LogP contribution in [-0.2, 0) is 4.79 Å². The van der Waals surface area contributed by atoms with Crippen molar-refractivity contribution in [3.8, 4) is 0 Å². The standard InChI is InChI=1S/C16H26N2O/c1-4-5-9-12-18(14(2)3)16(19)13-17-15-10-7-6-8-11-15/h6-8,10-11,14,17H,4-5,9,12-13H2,1-3H3. The van der Waals surface area contributed by atoms with Gasteiger partial charge in [-0.15, -0.1) is 0 Å². The van der Waals surface area contributed by atoms with Crippen molar-refractivity contribution in [3.05, 3.63) is 30.3 Å². The number of nitrogens with zero attached hydrogens (tertiary/aromatic N) is 1. The van der Waals surface area contributed by atoms with Crippen molar-refractivity contribution in [1.29, 1.82) is 0 Å². The summed E-state index contributed by atoms with van der Waals surface area (Å²) in [5.74, 6) is 0.176. The molecule has 1 N–H and O–H groups in total. The van der Waals surface area contributed by atoms with Crippen LogP contribution >= 0.6 is 0 Å². The fraction of sp³-hybridized carbons (Fsp3) is 0.562. The van der Waals surface area contributed by atoms with Crippen LogP contribution in [0.3, 0.4) is 0 Å². The maximum atomic E-state index is 12.2. The van der Waals surface area contributed by atoms with E-state index in [-0.39, 0.29) is 11.9 Å². The summed E-state index contributed by atoms with van der Waals surface area (Å²) < 4.78 is 0. The number of para-hydroxylation sites is 1. The van der Waals surface area contributed by atoms with Crippen LogP contribution in [0.2, 0.25) is 0 Å². The molecule has 0 unspecified atom stereocenters. The molecule has 106 valence electrons. The summed E-state index contributed by atoms with van der Waals surface area (Å²) in [7, 11) is 0. The summed E-state index contributed by atoms with van der Waals surface area (Å²) in [6, 6.07) is 10.1. The van der Waals surface area contributed by atoms with E-state index in [4.69, 9.17) is 0 Å². The molecular formula is C16H26N2O. The molecule has 0 radical (unpaired) electrons. The molecule has 0 fully saturated rings. The van der Waals surface area contributed by atoms with E-state index in [2.05, 4.69) is 26.1 Å². The van der Waals surface area contributed by atoms with E-state index in [0.29, 0.717) is 6.54 Å². The van der Waals surface area contributed by atoms with Crippen LogP contribution in [-0.4, -0.2) is 29.9 Å². The number of amides is 1. The highest BCUT2D eigenvalue weighted by atomic mass is 16.2. The Hall–Kier alpha value is -1.51. The van der Waals surface area contributed by atoms with Crippen LogP contribution in [0.15, 0.2) is 30.3 Å². The molecule has 1 amide bonds. The molecule has 3 heteroatoms. The maximum absolute atomic E-state index is 12.2. The molecule has 0 aliphatic carbocycles. The number of carbonyl (C=O) groups excluding carboxylic acids is 1. The van der Waals surface area contributed by atoms with E-state index < -0.39 is 0 Å². The highest BCUT2D eigenvalue weighted by Gasteiger charge is 2.15. The number of benzene rings is 1. The number of rotatable bonds is 8. The van der Waals surface area contributed by atoms with Gasteiger partial charge in [-0.1, -0.05) is 38.0 Å². The van der Waals surface area contributed by atoms with Crippen molar-refractivity contribution < 1.29 is 4.79 Å². The molecule has 0 saturated carbocycles. The minimum Gasteiger partial charge on any atom is -0.376 e. The van der Waals surface area contributed by atoms with Crippen molar-refractivity contribution in [2.45, 2.75) is 46.1 Å². The quantitative estimate of drug-likeness (QED) is 0.727. The first-order chi connectivity index (χ1) is 9.15. The van der Waals surface area contributed by atoms with Gasteiger partial charge in [-0.2, -0.15) is 0 Å². The van der Waals surface area contributed by atoms with Crippen molar-refractivity contribution in [3.63, 3.8) is 0 Å². The van der Waals surface area contributed by atoms with Gasteiger partial charge < -0.3 is 10.2 Å². The Kier molecular flexibility index (Phi) is 7.01. The lowest BCUT2D eigenvalue weighted by molar-refractivity contribution is -0.131. The van der Waals surface area contributed by atoms with E-state index >= 15 is 0 Å². The van der Waals surface area contributed by atoms with Gasteiger partial charge in [0, 0.05) is 18.3 Å². The predicted molar refractivity (Wildman–Crippen MR) is 81.3 cm³/mol. The molecule has 0 aromatic heterocycles. The maximum Gasteiger partial charge on any atom is 0.242 e. The monoisotopic (exact) mass is 262 g/mol. The number of nitrogens with one attached hydrogen (secondary N) is 1. The topological polar surface area (TPSA) is 32.3 Å². The van der Waals surface area contributed by atoms with E-state index in [0.717, 1.165) is 18.7 Å². The Morgan fingerprint density at radius 1 is 1.21 bits per heavy atom. The van der Waals surface area contributed by atoms with Gasteiger partial charge in [0.05, 0.1) is 6.54 Å². The zero-order valence-corrected chi connectivity index (χ0v) is 12.4. The first-order valence-corrected chi connectivity index (χ1v) is 7.23. The Balaban J connectivity index is 2.43. The highest BCUT2D eigenvalue weighted by molar-refractivity contribution is 5.81. The van der Waals surface area contributed by atoms with Crippen molar-refractivity contribution in [2.75, 3.05) is 18.4 Å². The summed E-state index contributed by atoms with van der Waals surface area (Å²) >= 11 is 0. The molecule has 0 spiro atoms. The number of hydrogen-bond acceptors (Lipinski definition) is 2. The summed E-state index contributed by atoms with van der Waals surface area (Å²) in [4.78, 5) is 14.2. The number of anilines is 1. The number of carbonyl (C=O) groups is 1. The molecule has 19 heavy (non-hydrogen) atoms. The average molecular weight is 262 g/mol. The van der Waals surface area contributed by atoms with E-state index in [9.17, 15) is 4.79 Å². The van der Waals surface area contributed by atoms with Gasteiger partial charge in [0.15, 0.2) is 0 Å². The van der Waals surface area contributed by atoms with Crippen LogP contribution in [0.5, 0.6) is 0 Å². The van der Waals surface area contributed by atoms with Gasteiger partial charge in [0.2, 0.25) is 5.91 Å². The van der Waals surface area contributed by atoms with Crippen LogP contribution in [0, 0.1) is 0 Å². The summed E-state index contributed by atoms with van der Waals surface area (Å²) in [5.41, 5.74) is 0.994. The van der Waals surface area contributed by atoms with Gasteiger partial charge in [0.25, 0.3) is 0 Å². The second-order valence-electron chi connectivity index (χ2n) is 5.11. The van der Waals surface area contributed by atoms with Crippen LogP contribution in [0.25, 0.3) is 0 Å². The van der Waals surface area contributed by atoms with Gasteiger partial charge in [-0.25, -0.2) is 0 Å². The van der Waals surface area contributed by atoms with E-state index in [1.54, 1.807) is 0 Å². The van der Waals surface area contributed by atoms with Crippen molar-refractivity contribution >= 4 is 11.6 Å². The highest BCUT2D eigenvalue weighted by Crippen LogP contribution is 2.07. The summed E-state index contributed by atoms with van der Waals surface area (Å²) in [5, 5.41) is 3.18. The smallest absolute Gasteiger partial charge is 0.242 e. The fourth-order valence-electron chi connectivity index (χ4n) is 2.04. The number of hydrogen-bond donors (Lipinski definition) is 1. The lowest BCUT2D eigenvalue weighted by Crippen LogP contribution is -2.41. The lowest BCUT2D eigenvalue weighted by Gasteiger charge is -2.27. The van der Waals surface area contributed by atoms with Crippen LogP contribution < -0.4 is 5.32 Å². The minimum absolute atomic E-state index is 0.176. The molecule has 0 atom stereocenters. The third-order valence-corrected chi connectivity index (χ3v) is 3.16. The van der Waals surface area contributed by atoms with Crippen molar-refractivity contribution in [1.82, 2.24) is 4.90 Å². The summed E-state index contributed by atoms with van der Waals surface area (Å²) in [6.07, 6.45) is 3.46. The summed E-state index contributed by atoms with van der Waals surface area (Å²) in [6.45, 7) is 7.56. The largest absolute Gasteiger partial charge is 0.376 e. The zero-order chi connectivity index (χ0) is 14.1. The third-order valence-electron chi connectivity index (χ3n) is 3.16. The Morgan fingerprint density at radius 2 is 1.89 bits per heavy atom. The molecule has 1 aromatic carbocycles. The Bertz CT molecular complexity index is 362. The minimum atomic E-state index is 0.176. The zero-order valence-electron chi connectivity index (χ0n) is 12.4. The van der Waals surface area contributed by atoms with Gasteiger partial charge >= 0.3 is 0 Å². The average Bonchev–Trinajstić information content (AvgIpc) is 2.42. The second-order valence-corrected chi connectivity index (χ2v) is 5.11. The van der Waals surface area contributed by atoms with Gasteiger partial charge in [0.1, 0.15) is 0 Å². The molecule has 0 aliphatic heterocycles. The Morgan fingerprint density at radius 3 is 2.47 bits per heavy atom. The number of unbranched alkanes of at least 4 members (excludes halogenated alkanes) is 2. The van der Waals surface area contributed by atoms with Gasteiger partial charge in [-0.05, 0) is 32.4 Å². The molecule has 0 saturated heterocycles. The Labute approximate surface area is 117 Å². The molecule has 1 aromatic rings. The SMILES string of the molecule is CCCCCN(C(=O)CNc1ccccc1)C(C)C. The van der Waals surface area contributed by atoms with Gasteiger partial charge in [-0.3, -0.25) is 4.79 Å².